The van der Waals surface area contributed by atoms with Crippen molar-refractivity contribution in [1.29, 1.82) is 0 Å². The van der Waals surface area contributed by atoms with Crippen LogP contribution in [0.1, 0.15) is 21.6 Å². The van der Waals surface area contributed by atoms with E-state index in [9.17, 15) is 4.79 Å². The molecule has 1 aromatic carbocycles. The Morgan fingerprint density at radius 2 is 1.82 bits per heavy atom. The first kappa shape index (κ1) is 11.3. The summed E-state index contributed by atoms with van der Waals surface area (Å²) in [6.07, 6.45) is 0. The van der Waals surface area contributed by atoms with E-state index in [1.54, 1.807) is 12.1 Å². The van der Waals surface area contributed by atoms with E-state index in [0.29, 0.717) is 11.4 Å². The molecule has 0 fully saturated rings. The fraction of sp³-hybridized carbons (Fsp3) is 0.154. The zero-order valence-corrected chi connectivity index (χ0v) is 9.77. The molecule has 0 bridgehead atoms. The number of aromatic nitrogens is 2. The van der Waals surface area contributed by atoms with Gasteiger partial charge in [0, 0.05) is 5.56 Å². The summed E-state index contributed by atoms with van der Waals surface area (Å²) in [4.78, 5) is 11.9. The largest absolute Gasteiger partial charge is 0.305 e. The Bertz CT molecular complexity index is 538. The second-order valence-corrected chi connectivity index (χ2v) is 3.84. The van der Waals surface area contributed by atoms with Crippen molar-refractivity contribution in [2.24, 2.45) is 0 Å². The number of aryl methyl sites for hydroxylation is 2. The molecule has 0 aliphatic carbocycles. The predicted molar refractivity (Wildman–Crippen MR) is 65.9 cm³/mol. The third-order valence-corrected chi connectivity index (χ3v) is 2.37. The Morgan fingerprint density at radius 3 is 2.47 bits per heavy atom. The van der Waals surface area contributed by atoms with E-state index >= 15 is 0 Å². The van der Waals surface area contributed by atoms with Gasteiger partial charge in [-0.3, -0.25) is 4.79 Å². The number of hydrogen-bond acceptors (Lipinski definition) is 3. The van der Waals surface area contributed by atoms with Crippen molar-refractivity contribution in [1.82, 2.24) is 10.2 Å². The van der Waals surface area contributed by atoms with Crippen molar-refractivity contribution >= 4 is 11.7 Å². The van der Waals surface area contributed by atoms with E-state index in [1.807, 2.05) is 38.1 Å². The molecular weight excluding hydrogens is 214 g/mol. The average Bonchev–Trinajstić information content (AvgIpc) is 2.34. The molecule has 0 aliphatic heterocycles. The van der Waals surface area contributed by atoms with Crippen LogP contribution in [0.5, 0.6) is 0 Å². The molecule has 1 amide bonds. The molecule has 0 saturated heterocycles. The monoisotopic (exact) mass is 227 g/mol. The van der Waals surface area contributed by atoms with Gasteiger partial charge in [0.1, 0.15) is 0 Å². The minimum absolute atomic E-state index is 0.174. The van der Waals surface area contributed by atoms with E-state index in [2.05, 4.69) is 15.5 Å². The SMILES string of the molecule is Cc1cc(C)c(NC(=O)c2ccccc2)nn1. The Morgan fingerprint density at radius 1 is 1.12 bits per heavy atom. The fourth-order valence-electron chi connectivity index (χ4n) is 1.51. The lowest BCUT2D eigenvalue weighted by molar-refractivity contribution is 0.102. The molecule has 0 atom stereocenters. The first-order valence-corrected chi connectivity index (χ1v) is 5.34. The summed E-state index contributed by atoms with van der Waals surface area (Å²) in [6, 6.07) is 10.9. The van der Waals surface area contributed by atoms with Gasteiger partial charge in [-0.2, -0.15) is 5.10 Å². The molecule has 2 aromatic rings. The van der Waals surface area contributed by atoms with E-state index in [4.69, 9.17) is 0 Å². The van der Waals surface area contributed by atoms with Crippen LogP contribution < -0.4 is 5.32 Å². The second kappa shape index (κ2) is 4.74. The van der Waals surface area contributed by atoms with Crippen LogP contribution in [0.3, 0.4) is 0 Å². The summed E-state index contributed by atoms with van der Waals surface area (Å²) in [7, 11) is 0. The Kier molecular flexibility index (Phi) is 3.14. The quantitative estimate of drug-likeness (QED) is 0.856. The molecule has 2 rings (SSSR count). The standard InChI is InChI=1S/C13H13N3O/c1-9-8-10(2)15-16-12(9)14-13(17)11-6-4-3-5-7-11/h3-8H,1-2H3,(H,14,16,17). The molecule has 1 heterocycles. The average molecular weight is 227 g/mol. The van der Waals surface area contributed by atoms with Crippen LogP contribution in [0.25, 0.3) is 0 Å². The third-order valence-electron chi connectivity index (χ3n) is 2.37. The van der Waals surface area contributed by atoms with E-state index < -0.39 is 0 Å². The lowest BCUT2D eigenvalue weighted by Crippen LogP contribution is -2.14. The van der Waals surface area contributed by atoms with Gasteiger partial charge in [-0.25, -0.2) is 0 Å². The number of benzene rings is 1. The van der Waals surface area contributed by atoms with Gasteiger partial charge in [0.15, 0.2) is 5.82 Å². The van der Waals surface area contributed by atoms with Gasteiger partial charge >= 0.3 is 0 Å². The highest BCUT2D eigenvalue weighted by molar-refractivity contribution is 6.03. The van der Waals surface area contributed by atoms with E-state index in [0.717, 1.165) is 11.3 Å². The third kappa shape index (κ3) is 2.66. The number of nitrogens with one attached hydrogen (secondary N) is 1. The van der Waals surface area contributed by atoms with Crippen molar-refractivity contribution < 1.29 is 4.79 Å². The Hall–Kier alpha value is -2.23. The number of nitrogens with zero attached hydrogens (tertiary/aromatic N) is 2. The van der Waals surface area contributed by atoms with Crippen molar-refractivity contribution in [2.75, 3.05) is 5.32 Å². The van der Waals surface area contributed by atoms with Crippen LogP contribution in [0.15, 0.2) is 36.4 Å². The predicted octanol–water partition coefficient (Wildman–Crippen LogP) is 2.35. The van der Waals surface area contributed by atoms with Gasteiger partial charge in [0.25, 0.3) is 5.91 Å². The number of anilines is 1. The maximum absolute atomic E-state index is 11.9. The highest BCUT2D eigenvalue weighted by atomic mass is 16.1. The zero-order chi connectivity index (χ0) is 12.3. The van der Waals surface area contributed by atoms with Crippen LogP contribution in [0, 0.1) is 13.8 Å². The van der Waals surface area contributed by atoms with Crippen LogP contribution >= 0.6 is 0 Å². The van der Waals surface area contributed by atoms with Crippen molar-refractivity contribution in [3.05, 3.63) is 53.2 Å². The van der Waals surface area contributed by atoms with Crippen molar-refractivity contribution in [2.45, 2.75) is 13.8 Å². The minimum Gasteiger partial charge on any atom is -0.305 e. The number of rotatable bonds is 2. The first-order chi connectivity index (χ1) is 8.16. The summed E-state index contributed by atoms with van der Waals surface area (Å²) in [5.41, 5.74) is 2.34. The van der Waals surface area contributed by atoms with Gasteiger partial charge in [0.05, 0.1) is 5.69 Å². The molecule has 1 aromatic heterocycles. The van der Waals surface area contributed by atoms with Gasteiger partial charge in [0.2, 0.25) is 0 Å². The molecule has 0 unspecified atom stereocenters. The van der Waals surface area contributed by atoms with E-state index in [1.165, 1.54) is 0 Å². The maximum Gasteiger partial charge on any atom is 0.256 e. The molecule has 1 N–H and O–H groups in total. The minimum atomic E-state index is -0.174. The smallest absolute Gasteiger partial charge is 0.256 e. The molecule has 4 nitrogen and oxygen atoms in total. The molecule has 0 saturated carbocycles. The van der Waals surface area contributed by atoms with Crippen LogP contribution in [-0.2, 0) is 0 Å². The molecule has 0 spiro atoms. The zero-order valence-electron chi connectivity index (χ0n) is 9.77. The Balaban J connectivity index is 2.19. The lowest BCUT2D eigenvalue weighted by Gasteiger charge is -2.06. The lowest BCUT2D eigenvalue weighted by atomic mass is 10.2. The van der Waals surface area contributed by atoms with Crippen LogP contribution in [0.2, 0.25) is 0 Å². The molecule has 4 heteroatoms. The summed E-state index contributed by atoms with van der Waals surface area (Å²) >= 11 is 0. The van der Waals surface area contributed by atoms with Gasteiger partial charge in [-0.1, -0.05) is 18.2 Å². The van der Waals surface area contributed by atoms with Crippen LogP contribution in [-0.4, -0.2) is 16.1 Å². The van der Waals surface area contributed by atoms with Crippen LogP contribution in [0.4, 0.5) is 5.82 Å². The van der Waals surface area contributed by atoms with Gasteiger partial charge in [-0.05, 0) is 37.6 Å². The molecule has 17 heavy (non-hydrogen) atoms. The summed E-state index contributed by atoms with van der Waals surface area (Å²) in [5, 5.41) is 10.6. The van der Waals surface area contributed by atoms with Gasteiger partial charge < -0.3 is 5.32 Å². The van der Waals surface area contributed by atoms with E-state index in [-0.39, 0.29) is 5.91 Å². The molecule has 0 aliphatic rings. The van der Waals surface area contributed by atoms with Crippen molar-refractivity contribution in [3.8, 4) is 0 Å². The number of amides is 1. The second-order valence-electron chi connectivity index (χ2n) is 3.84. The number of hydrogen-bond donors (Lipinski definition) is 1. The summed E-state index contributed by atoms with van der Waals surface area (Å²) in [5.74, 6) is 0.330. The summed E-state index contributed by atoms with van der Waals surface area (Å²) in [6.45, 7) is 3.76. The maximum atomic E-state index is 11.9. The Labute approximate surface area is 99.7 Å². The highest BCUT2D eigenvalue weighted by Crippen LogP contribution is 2.11. The summed E-state index contributed by atoms with van der Waals surface area (Å²) < 4.78 is 0. The normalized spacial score (nSPS) is 10.0. The first-order valence-electron chi connectivity index (χ1n) is 5.34. The van der Waals surface area contributed by atoms with Gasteiger partial charge in [-0.15, -0.1) is 5.10 Å². The molecule has 0 radical (unpaired) electrons. The van der Waals surface area contributed by atoms with Crippen molar-refractivity contribution in [3.63, 3.8) is 0 Å². The molecular formula is C13H13N3O. The number of carbonyl (C=O) groups is 1. The molecule has 86 valence electrons. The topological polar surface area (TPSA) is 54.9 Å². The highest BCUT2D eigenvalue weighted by Gasteiger charge is 2.08. The number of carbonyl (C=O) groups excluding carboxylic acids is 1. The fourth-order valence-corrected chi connectivity index (χ4v) is 1.51.